The summed E-state index contributed by atoms with van der Waals surface area (Å²) in [6.45, 7) is 14.1. The Morgan fingerprint density at radius 2 is 1.50 bits per heavy atom. The van der Waals surface area contributed by atoms with E-state index < -0.39 is 0 Å². The molecule has 0 atom stereocenters. The summed E-state index contributed by atoms with van der Waals surface area (Å²) in [5.41, 5.74) is 0.912. The molecule has 0 spiro atoms. The minimum Gasteiger partial charge on any atom is -0.253 e. The van der Waals surface area contributed by atoms with E-state index in [1.165, 1.54) is 0 Å². The van der Waals surface area contributed by atoms with Gasteiger partial charge in [-0.15, -0.1) is 0 Å². The van der Waals surface area contributed by atoms with Gasteiger partial charge in [-0.3, -0.25) is 8.80 Å². The second-order valence-corrected chi connectivity index (χ2v) is 8.11. The van der Waals surface area contributed by atoms with Crippen LogP contribution in [0.2, 0.25) is 17.1 Å². The zero-order chi connectivity index (χ0) is 7.65. The first-order valence-electron chi connectivity index (χ1n) is 3.69. The quantitative estimate of drug-likeness (QED) is 0.482. The van der Waals surface area contributed by atoms with Crippen LogP contribution in [-0.2, 0) is 0 Å². The van der Waals surface area contributed by atoms with E-state index in [2.05, 4.69) is 41.2 Å². The van der Waals surface area contributed by atoms with Gasteiger partial charge in [0.25, 0.3) is 0 Å². The third-order valence-corrected chi connectivity index (χ3v) is 6.15. The molecule has 0 aromatic rings. The van der Waals surface area contributed by atoms with Crippen LogP contribution in [0.1, 0.15) is 36.0 Å². The van der Waals surface area contributed by atoms with E-state index in [0.717, 1.165) is 5.54 Å². The standard InChI is InChI=1S/C8H19Si.Li.H2/c1-7(2)9(6)8(3,4)5;;/h7H,1-6H3;;1H/q-1;+1;. The Labute approximate surface area is 81.1 Å². The summed E-state index contributed by atoms with van der Waals surface area (Å²) in [6, 6.07) is 0. The molecule has 0 unspecified atom stereocenters. The Hall–Kier alpha value is 0.814. The Morgan fingerprint density at radius 1 is 1.20 bits per heavy atom. The molecule has 0 nitrogen and oxygen atoms in total. The third-order valence-electron chi connectivity index (χ3n) is 2.05. The Balaban J connectivity index is -0.000000320. The van der Waals surface area contributed by atoms with Gasteiger partial charge in [0.2, 0.25) is 0 Å². The summed E-state index contributed by atoms with van der Waals surface area (Å²) in [7, 11) is -0.122. The molecule has 0 saturated carbocycles. The fourth-order valence-electron chi connectivity index (χ4n) is 0.866. The average Bonchev–Trinajstić information content (AvgIpc) is 1.62. The molecular formula is C8H21LiSi. The molecule has 0 aliphatic heterocycles. The van der Waals surface area contributed by atoms with Gasteiger partial charge < -0.3 is 0 Å². The van der Waals surface area contributed by atoms with E-state index >= 15 is 0 Å². The Kier molecular flexibility index (Phi) is 6.23. The van der Waals surface area contributed by atoms with Crippen LogP contribution in [0.5, 0.6) is 0 Å². The van der Waals surface area contributed by atoms with Crippen LogP contribution in [0.4, 0.5) is 0 Å². The molecule has 0 saturated heterocycles. The first kappa shape index (κ1) is 13.4. The van der Waals surface area contributed by atoms with E-state index in [-0.39, 0.29) is 29.1 Å². The summed E-state index contributed by atoms with van der Waals surface area (Å²) in [4.78, 5) is 0. The van der Waals surface area contributed by atoms with Crippen molar-refractivity contribution >= 4 is 8.80 Å². The van der Waals surface area contributed by atoms with E-state index in [1.54, 1.807) is 0 Å². The molecule has 0 heterocycles. The minimum atomic E-state index is -0.122. The van der Waals surface area contributed by atoms with E-state index in [9.17, 15) is 0 Å². The number of hydrogen-bond donors (Lipinski definition) is 0. The van der Waals surface area contributed by atoms with Crippen molar-refractivity contribution in [1.82, 2.24) is 0 Å². The van der Waals surface area contributed by atoms with Crippen molar-refractivity contribution in [2.24, 2.45) is 0 Å². The maximum atomic E-state index is 2.43. The number of hydrogen-bond acceptors (Lipinski definition) is 0. The molecule has 0 bridgehead atoms. The van der Waals surface area contributed by atoms with Crippen molar-refractivity contribution in [3.63, 3.8) is 0 Å². The van der Waals surface area contributed by atoms with Gasteiger partial charge in [0.05, 0.1) is 0 Å². The molecule has 10 heavy (non-hydrogen) atoms. The third kappa shape index (κ3) is 4.60. The van der Waals surface area contributed by atoms with E-state index in [4.69, 9.17) is 0 Å². The summed E-state index contributed by atoms with van der Waals surface area (Å²) in [6.07, 6.45) is 0. The predicted molar refractivity (Wildman–Crippen MR) is 48.5 cm³/mol. The summed E-state index contributed by atoms with van der Waals surface area (Å²) < 4.78 is 0. The van der Waals surface area contributed by atoms with Gasteiger partial charge in [0.1, 0.15) is 0 Å². The van der Waals surface area contributed by atoms with Crippen LogP contribution in [-0.4, -0.2) is 8.80 Å². The normalized spacial score (nSPS) is 12.0. The molecular weight excluding hydrogens is 131 g/mol. The van der Waals surface area contributed by atoms with Crippen LogP contribution in [0, 0.1) is 0 Å². The van der Waals surface area contributed by atoms with Gasteiger partial charge in [-0.1, -0.05) is 34.6 Å². The molecule has 58 valence electrons. The summed E-state index contributed by atoms with van der Waals surface area (Å²) in [5, 5.41) is 0.582. The van der Waals surface area contributed by atoms with Gasteiger partial charge in [-0.2, -0.15) is 17.1 Å². The molecule has 0 rings (SSSR count). The van der Waals surface area contributed by atoms with Gasteiger partial charge in [-0.25, -0.2) is 0 Å². The van der Waals surface area contributed by atoms with Crippen LogP contribution >= 0.6 is 0 Å². The summed E-state index contributed by atoms with van der Waals surface area (Å²) >= 11 is 0. The van der Waals surface area contributed by atoms with Crippen molar-refractivity contribution in [2.75, 3.05) is 0 Å². The first-order chi connectivity index (χ1) is 3.85. The van der Waals surface area contributed by atoms with Crippen LogP contribution < -0.4 is 18.9 Å². The van der Waals surface area contributed by atoms with Gasteiger partial charge in [0.15, 0.2) is 0 Å². The fraction of sp³-hybridized carbons (Fsp3) is 1.00. The molecule has 0 aliphatic rings. The van der Waals surface area contributed by atoms with Gasteiger partial charge >= 0.3 is 18.9 Å². The zero-order valence-corrected chi connectivity index (χ0v) is 9.58. The van der Waals surface area contributed by atoms with Crippen LogP contribution in [0.25, 0.3) is 0 Å². The van der Waals surface area contributed by atoms with Crippen molar-refractivity contribution < 1.29 is 20.3 Å². The van der Waals surface area contributed by atoms with Crippen molar-refractivity contribution in [2.45, 2.75) is 51.7 Å². The SMILES string of the molecule is CC(C)[Si-](C)C(C)(C)C.[HH].[Li+]. The van der Waals surface area contributed by atoms with Crippen molar-refractivity contribution in [1.29, 1.82) is 0 Å². The average molecular weight is 152 g/mol. The first-order valence-corrected chi connectivity index (χ1v) is 5.77. The van der Waals surface area contributed by atoms with Gasteiger partial charge in [-0.05, 0) is 0 Å². The van der Waals surface area contributed by atoms with E-state index in [1.807, 2.05) is 0 Å². The maximum absolute atomic E-state index is 2.43. The van der Waals surface area contributed by atoms with Crippen LogP contribution in [0.3, 0.4) is 0 Å². The molecule has 0 amide bonds. The molecule has 0 fully saturated rings. The maximum Gasteiger partial charge on any atom is 1.00 e. The smallest absolute Gasteiger partial charge is 0.253 e. The second kappa shape index (κ2) is 4.64. The van der Waals surface area contributed by atoms with Crippen molar-refractivity contribution in [3.05, 3.63) is 0 Å². The predicted octanol–water partition coefficient (Wildman–Crippen LogP) is 0.571. The van der Waals surface area contributed by atoms with Crippen molar-refractivity contribution in [3.8, 4) is 0 Å². The molecule has 0 N–H and O–H groups in total. The Bertz CT molecular complexity index is 88.6. The monoisotopic (exact) mass is 152 g/mol. The van der Waals surface area contributed by atoms with E-state index in [0.29, 0.717) is 5.04 Å². The van der Waals surface area contributed by atoms with Crippen LogP contribution in [0.15, 0.2) is 0 Å². The fourth-order valence-corrected chi connectivity index (χ4v) is 2.60. The zero-order valence-electron chi connectivity index (χ0n) is 8.58. The van der Waals surface area contributed by atoms with Gasteiger partial charge in [0, 0.05) is 1.43 Å². The minimum absolute atomic E-state index is 0. The molecule has 0 aliphatic carbocycles. The Morgan fingerprint density at radius 3 is 1.50 bits per heavy atom. The summed E-state index contributed by atoms with van der Waals surface area (Å²) in [5.74, 6) is 0. The molecule has 0 aromatic heterocycles. The largest absolute Gasteiger partial charge is 1.00 e. The second-order valence-electron chi connectivity index (χ2n) is 4.09. The molecule has 0 aromatic carbocycles. The topological polar surface area (TPSA) is 0 Å². The molecule has 2 heteroatoms. The number of rotatable bonds is 1. The molecule has 0 radical (unpaired) electrons.